The first-order valence-corrected chi connectivity index (χ1v) is 21.8. The number of allylic oxidation sites excluding steroid dienone is 3. The maximum atomic E-state index is 15.9. The second-order valence-electron chi connectivity index (χ2n) is 18.5. The van der Waals surface area contributed by atoms with Crippen LogP contribution >= 0.6 is 0 Å². The van der Waals surface area contributed by atoms with E-state index in [9.17, 15) is 9.18 Å². The normalized spacial score (nSPS) is 26.5. The lowest BCUT2D eigenvalue weighted by Gasteiger charge is -2.43. The Morgan fingerprint density at radius 1 is 0.911 bits per heavy atom. The van der Waals surface area contributed by atoms with Gasteiger partial charge in [-0.15, -0.1) is 0 Å². The van der Waals surface area contributed by atoms with Gasteiger partial charge in [0.05, 0.1) is 0 Å². The van der Waals surface area contributed by atoms with Gasteiger partial charge in [-0.2, -0.15) is 0 Å². The third-order valence-electron chi connectivity index (χ3n) is 13.2. The number of hydrogen-bond acceptors (Lipinski definition) is 8. The minimum absolute atomic E-state index is 0.112. The topological polar surface area (TPSA) is 91.4 Å². The number of fused-ring (bicyclic) bond motifs is 2. The number of halogens is 2. The number of carbonyl (C=O) groups is 1. The number of esters is 1. The van der Waals surface area contributed by atoms with Crippen LogP contribution in [0.3, 0.4) is 0 Å². The second kappa shape index (κ2) is 18.0. The first-order valence-electron chi connectivity index (χ1n) is 21.8. The molecule has 0 bridgehead atoms. The average Bonchev–Trinajstić information content (AvgIpc) is 3.98. The highest BCUT2D eigenvalue weighted by molar-refractivity contribution is 5.81. The van der Waals surface area contributed by atoms with Gasteiger partial charge in [-0.3, -0.25) is 4.90 Å². The van der Waals surface area contributed by atoms with Crippen molar-refractivity contribution in [1.82, 2.24) is 20.2 Å². The van der Waals surface area contributed by atoms with Gasteiger partial charge < -0.3 is 20.7 Å². The van der Waals surface area contributed by atoms with Crippen molar-refractivity contribution in [3.63, 3.8) is 0 Å². The number of hydrogen-bond donors (Lipinski definition) is 3. The molecule has 2 fully saturated rings. The maximum Gasteiger partial charge on any atom is 0.328 e. The predicted molar refractivity (Wildman–Crippen MR) is 221 cm³/mol. The zero-order valence-electron chi connectivity index (χ0n) is 34.4. The van der Waals surface area contributed by atoms with Crippen LogP contribution in [0.5, 0.6) is 0 Å². The average molecular weight is 773 g/mol. The SMILES string of the molecule is CC(C)(C)OC(=O)C(C1=CC=CC1(C)C1CNc2nc(CCCCC(F)[C@@H]3CCNC3)ccc2C1)N1CC[C@@H](C(F)CCCCc2ccc3c(n2)NCCC3)C1. The van der Waals surface area contributed by atoms with E-state index in [1.165, 1.54) is 11.1 Å². The number of rotatable bonds is 16. The van der Waals surface area contributed by atoms with Crippen LogP contribution in [-0.4, -0.2) is 84.1 Å². The quantitative estimate of drug-likeness (QED) is 0.116. The van der Waals surface area contributed by atoms with Gasteiger partial charge in [0.15, 0.2) is 0 Å². The highest BCUT2D eigenvalue weighted by atomic mass is 19.1. The molecule has 306 valence electrons. The minimum Gasteiger partial charge on any atom is -0.459 e. The van der Waals surface area contributed by atoms with Gasteiger partial charge in [-0.05, 0) is 139 Å². The summed E-state index contributed by atoms with van der Waals surface area (Å²) < 4.78 is 36.6. The molecule has 4 aliphatic heterocycles. The number of pyridine rings is 2. The van der Waals surface area contributed by atoms with E-state index in [1.54, 1.807) is 0 Å². The molecule has 2 aromatic rings. The number of ether oxygens (including phenoxy) is 1. The van der Waals surface area contributed by atoms with Crippen molar-refractivity contribution in [2.45, 2.75) is 135 Å². The zero-order valence-corrected chi connectivity index (χ0v) is 34.4. The monoisotopic (exact) mass is 773 g/mol. The number of aromatic nitrogens is 2. The molecule has 3 N–H and O–H groups in total. The van der Waals surface area contributed by atoms with Gasteiger partial charge in [0.1, 0.15) is 35.6 Å². The molecular formula is C46H66F2N6O2. The Kier molecular flexibility index (Phi) is 13.2. The van der Waals surface area contributed by atoms with E-state index in [-0.39, 0.29) is 23.7 Å². The lowest BCUT2D eigenvalue weighted by molar-refractivity contribution is -0.160. The fraction of sp³-hybridized carbons (Fsp3) is 0.674. The first-order chi connectivity index (χ1) is 27.0. The van der Waals surface area contributed by atoms with Gasteiger partial charge in [-0.25, -0.2) is 23.5 Å². The Morgan fingerprint density at radius 2 is 1.61 bits per heavy atom. The summed E-state index contributed by atoms with van der Waals surface area (Å²) in [5.74, 6) is 1.95. The molecular weight excluding hydrogens is 707 g/mol. The van der Waals surface area contributed by atoms with Gasteiger partial charge in [0.2, 0.25) is 0 Å². The molecule has 2 aromatic heterocycles. The van der Waals surface area contributed by atoms with E-state index >= 15 is 4.39 Å². The molecule has 1 aliphatic carbocycles. The maximum absolute atomic E-state index is 15.9. The largest absolute Gasteiger partial charge is 0.459 e. The van der Waals surface area contributed by atoms with Gasteiger partial charge in [-0.1, -0.05) is 50.1 Å². The summed E-state index contributed by atoms with van der Waals surface area (Å²) in [7, 11) is 0. The molecule has 0 amide bonds. The molecule has 0 saturated carbocycles. The van der Waals surface area contributed by atoms with Gasteiger partial charge in [0, 0.05) is 54.8 Å². The summed E-state index contributed by atoms with van der Waals surface area (Å²) in [6.07, 6.45) is 16.0. The number of carbonyl (C=O) groups excluding carboxylic acids is 1. The highest BCUT2D eigenvalue weighted by Crippen LogP contribution is 2.48. The zero-order chi connectivity index (χ0) is 39.3. The molecule has 8 nitrogen and oxygen atoms in total. The van der Waals surface area contributed by atoms with Crippen LogP contribution < -0.4 is 16.0 Å². The third-order valence-corrected chi connectivity index (χ3v) is 13.2. The summed E-state index contributed by atoms with van der Waals surface area (Å²) in [6.45, 7) is 12.6. The van der Waals surface area contributed by atoms with Crippen LogP contribution in [0.1, 0.15) is 108 Å². The van der Waals surface area contributed by atoms with Crippen molar-refractivity contribution in [2.75, 3.05) is 49.9 Å². The van der Waals surface area contributed by atoms with Crippen molar-refractivity contribution in [2.24, 2.45) is 23.2 Å². The number of likely N-dealkylation sites (tertiary alicyclic amines) is 1. The van der Waals surface area contributed by atoms with Crippen molar-refractivity contribution < 1.29 is 18.3 Å². The van der Waals surface area contributed by atoms with Gasteiger partial charge >= 0.3 is 5.97 Å². The number of unbranched alkanes of at least 4 members (excludes halogenated alkanes) is 2. The summed E-state index contributed by atoms with van der Waals surface area (Å²) in [5, 5.41) is 10.3. The highest BCUT2D eigenvalue weighted by Gasteiger charge is 2.48. The molecule has 7 atom stereocenters. The fourth-order valence-corrected chi connectivity index (χ4v) is 9.78. The lowest BCUT2D eigenvalue weighted by Crippen LogP contribution is -2.49. The molecule has 2 saturated heterocycles. The van der Waals surface area contributed by atoms with Crippen LogP contribution in [0.15, 0.2) is 48.1 Å². The molecule has 0 aromatic carbocycles. The van der Waals surface area contributed by atoms with Crippen molar-refractivity contribution in [3.8, 4) is 0 Å². The minimum atomic E-state index is -0.911. The number of nitrogens with one attached hydrogen (secondary N) is 3. The smallest absolute Gasteiger partial charge is 0.328 e. The van der Waals surface area contributed by atoms with Crippen molar-refractivity contribution in [1.29, 1.82) is 0 Å². The Balaban J connectivity index is 0.948. The summed E-state index contributed by atoms with van der Waals surface area (Å²) in [4.78, 5) is 26.2. The van der Waals surface area contributed by atoms with Crippen molar-refractivity contribution >= 4 is 17.6 Å². The van der Waals surface area contributed by atoms with Crippen LogP contribution in [0, 0.1) is 23.2 Å². The Bertz CT molecular complexity index is 1720. The first kappa shape index (κ1) is 40.8. The second-order valence-corrected chi connectivity index (χ2v) is 18.5. The van der Waals surface area contributed by atoms with Crippen LogP contribution in [0.4, 0.5) is 20.4 Å². The molecule has 5 unspecified atom stereocenters. The summed E-state index contributed by atoms with van der Waals surface area (Å²) >= 11 is 0. The molecule has 56 heavy (non-hydrogen) atoms. The van der Waals surface area contributed by atoms with Crippen LogP contribution in [0.2, 0.25) is 0 Å². The summed E-state index contributed by atoms with van der Waals surface area (Å²) in [5.41, 5.74) is 4.60. The van der Waals surface area contributed by atoms with E-state index in [2.05, 4.69) is 70.3 Å². The van der Waals surface area contributed by atoms with Gasteiger partial charge in [0.25, 0.3) is 0 Å². The van der Waals surface area contributed by atoms with E-state index < -0.39 is 29.4 Å². The number of aryl methyl sites for hydroxylation is 3. The van der Waals surface area contributed by atoms with E-state index in [1.807, 2.05) is 20.8 Å². The molecule has 0 radical (unpaired) electrons. The third kappa shape index (κ3) is 9.83. The van der Waals surface area contributed by atoms with E-state index in [0.29, 0.717) is 25.9 Å². The molecule has 5 aliphatic rings. The molecule has 7 rings (SSSR count). The van der Waals surface area contributed by atoms with E-state index in [4.69, 9.17) is 14.7 Å². The molecule has 0 spiro atoms. The lowest BCUT2D eigenvalue weighted by atomic mass is 9.67. The Labute approximate surface area is 334 Å². The van der Waals surface area contributed by atoms with E-state index in [0.717, 1.165) is 125 Å². The Morgan fingerprint density at radius 3 is 2.30 bits per heavy atom. The predicted octanol–water partition coefficient (Wildman–Crippen LogP) is 8.37. The fourth-order valence-electron chi connectivity index (χ4n) is 9.78. The summed E-state index contributed by atoms with van der Waals surface area (Å²) in [6, 6.07) is 8.07. The van der Waals surface area contributed by atoms with Crippen LogP contribution in [0.25, 0.3) is 0 Å². The number of alkyl halides is 2. The van der Waals surface area contributed by atoms with Crippen LogP contribution in [-0.2, 0) is 35.2 Å². The Hall–Kier alpha value is -3.37. The molecule has 6 heterocycles. The standard InChI is InChI=1S/C46H66F2N6O2/c1-45(2,3)56-44(55)41(54-26-22-34(30-54)40(48)16-8-6-12-36-19-17-31-11-10-24-50-42(31)52-36)38-14-9-23-46(38,4)35-27-32-18-20-37(53-43(32)51-29-35)13-5-7-15-39(47)33-21-25-49-28-33/h9,14,17-20,23,33-35,39-41,49H,5-8,10-13,15-16,21-22,24-30H2,1-4H3,(H,50,52)(H,51,53)/t33-,34-,35?,39?,40?,41?,46?/m1/s1. The van der Waals surface area contributed by atoms with Crippen molar-refractivity contribution in [3.05, 3.63) is 70.6 Å². The number of nitrogens with zero attached hydrogens (tertiary/aromatic N) is 3. The molecule has 10 heteroatoms. The number of anilines is 2.